The van der Waals surface area contributed by atoms with Gasteiger partial charge in [0.1, 0.15) is 0 Å². The molecule has 2 amide bonds. The van der Waals surface area contributed by atoms with Crippen molar-refractivity contribution in [3.05, 3.63) is 41.6 Å². The molecule has 342 valence electrons. The Morgan fingerprint density at radius 2 is 1.74 bits per heavy atom. The molecular weight excluding hydrogens is 860 g/mol. The van der Waals surface area contributed by atoms with E-state index in [-0.39, 0.29) is 42.8 Å². The molecule has 5 rings (SSSR count). The van der Waals surface area contributed by atoms with Crippen molar-refractivity contribution < 1.29 is 81.2 Å². The van der Waals surface area contributed by atoms with Gasteiger partial charge in [0.25, 0.3) is 0 Å². The van der Waals surface area contributed by atoms with Gasteiger partial charge in [0.05, 0.1) is 7.11 Å². The predicted octanol–water partition coefficient (Wildman–Crippen LogP) is -1.26. The Hall–Kier alpha value is -4.34. The van der Waals surface area contributed by atoms with Crippen molar-refractivity contribution >= 4 is 51.5 Å². The van der Waals surface area contributed by atoms with Gasteiger partial charge >= 0.3 is 331 Å². The third-order valence-electron chi connectivity index (χ3n) is 8.98. The van der Waals surface area contributed by atoms with Crippen LogP contribution in [0.5, 0.6) is 0 Å². The van der Waals surface area contributed by atoms with Gasteiger partial charge in [-0.3, -0.25) is 0 Å². The number of nitrogens with zero attached hydrogens (tertiary/aromatic N) is 6. The van der Waals surface area contributed by atoms with Gasteiger partial charge in [-0.15, -0.1) is 0 Å². The summed E-state index contributed by atoms with van der Waals surface area (Å²) in [6.45, 7) is 3.46. The van der Waals surface area contributed by atoms with E-state index in [0.717, 1.165) is 10.9 Å². The van der Waals surface area contributed by atoms with Gasteiger partial charge < -0.3 is 4.74 Å². The van der Waals surface area contributed by atoms with Crippen LogP contribution >= 0.6 is 16.3 Å². The van der Waals surface area contributed by atoms with Gasteiger partial charge in [0.15, 0.2) is 0 Å². The average Bonchev–Trinajstić information content (AvgIpc) is 3.87. The molecule has 10 N–H and O–H groups in total. The molecule has 0 aromatic carbocycles. The molecule has 61 heavy (non-hydrogen) atoms. The van der Waals surface area contributed by atoms with E-state index in [9.17, 15) is 48.8 Å². The van der Waals surface area contributed by atoms with Crippen LogP contribution in [0.15, 0.2) is 35.9 Å². The number of rotatable bonds is 18. The topological polar surface area (TPSA) is 375 Å². The van der Waals surface area contributed by atoms with E-state index in [2.05, 4.69) is 35.3 Å². The number of aliphatic hydroxyl groups is 1. The van der Waals surface area contributed by atoms with Crippen LogP contribution in [0, 0.1) is 0 Å². The fraction of sp³-hybridized carbons (Fsp3) is 0.625. The Kier molecular flexibility index (Phi) is 15.8. The molecule has 29 heteroatoms. The Morgan fingerprint density at radius 1 is 1.00 bits per heavy atom. The van der Waals surface area contributed by atoms with E-state index >= 15 is 0 Å². The van der Waals surface area contributed by atoms with Crippen LogP contribution in [0.4, 0.5) is 15.4 Å². The van der Waals surface area contributed by atoms with Gasteiger partial charge in [-0.2, -0.15) is 0 Å². The minimum atomic E-state index is -5.32. The summed E-state index contributed by atoms with van der Waals surface area (Å²) in [7, 11) is -9.21. The second-order valence-corrected chi connectivity index (χ2v) is 17.8. The fourth-order valence-electron chi connectivity index (χ4n) is 6.29. The molecule has 5 heterocycles. The van der Waals surface area contributed by atoms with E-state index in [1.54, 1.807) is 20.8 Å². The number of fused-ring (bicyclic) bond motifs is 1. The van der Waals surface area contributed by atoms with Gasteiger partial charge in [-0.1, -0.05) is 0 Å². The molecule has 3 aromatic rings. The second-order valence-electron chi connectivity index (χ2n) is 14.7. The van der Waals surface area contributed by atoms with Crippen LogP contribution in [-0.2, 0) is 42.1 Å². The summed E-state index contributed by atoms with van der Waals surface area (Å²) in [6.07, 6.45) is -6.42. The Morgan fingerprint density at radius 3 is 2.43 bits per heavy atom. The summed E-state index contributed by atoms with van der Waals surface area (Å²) in [5.41, 5.74) is 4.53. The summed E-state index contributed by atoms with van der Waals surface area (Å²) in [6, 6.07) is 0.0648. The molecule has 0 aliphatic carbocycles. The van der Waals surface area contributed by atoms with Crippen molar-refractivity contribution in [3.63, 3.8) is 0 Å². The number of hydrogen-bond donors (Lipinski definition) is 9. The molecule has 27 nitrogen and oxygen atoms in total. The number of imidazole rings is 1. The number of carbonyl (C=O) groups is 3. The number of nitrogens with two attached hydrogens (primary N) is 1. The number of amides is 2. The van der Waals surface area contributed by atoms with Gasteiger partial charge in [0, 0.05) is 0 Å². The molecule has 2 aliphatic rings. The van der Waals surface area contributed by atoms with E-state index in [0.29, 0.717) is 6.42 Å². The molecule has 0 bridgehead atoms. The van der Waals surface area contributed by atoms with Gasteiger partial charge in [-0.05, 0) is 0 Å². The maximum absolute atomic E-state index is 13.9. The molecule has 0 radical (unpaired) electrons. The summed E-state index contributed by atoms with van der Waals surface area (Å²) in [4.78, 5) is 117. The first-order valence-electron chi connectivity index (χ1n) is 18.7. The third kappa shape index (κ3) is 13.3. The number of nitrogens with one attached hydrogen (secondary N) is 2. The van der Waals surface area contributed by atoms with Crippen LogP contribution in [0.25, 0.3) is 11.2 Å². The van der Waals surface area contributed by atoms with Crippen molar-refractivity contribution in [2.75, 3.05) is 32.6 Å². The van der Waals surface area contributed by atoms with Crippen molar-refractivity contribution in [1.82, 2.24) is 39.7 Å². The molecule has 2 aliphatic heterocycles. The first-order valence-corrected chi connectivity index (χ1v) is 22.2. The van der Waals surface area contributed by atoms with Gasteiger partial charge in [0.2, 0.25) is 0 Å². The van der Waals surface area contributed by atoms with Crippen molar-refractivity contribution in [3.8, 4) is 0 Å². The quantitative estimate of drug-likeness (QED) is 0.0311. The number of carbonyl (C=O) groups excluding carboxylic acids is 3. The van der Waals surface area contributed by atoms with Crippen molar-refractivity contribution in [2.24, 2.45) is 0 Å². The summed E-state index contributed by atoms with van der Waals surface area (Å²) in [5, 5.41) is 16.6. The monoisotopic (exact) mass is 911 g/mol. The predicted molar refractivity (Wildman–Crippen MR) is 208 cm³/mol. The molecule has 8 atom stereocenters. The van der Waals surface area contributed by atoms with Crippen LogP contribution in [0.3, 0.4) is 0 Å². The maximum atomic E-state index is 13.9. The second kappa shape index (κ2) is 20.2. The number of esters is 1. The Labute approximate surface area is 347 Å². The first-order chi connectivity index (χ1) is 28.6. The number of aromatic nitrogens is 6. The minimum absolute atomic E-state index is 0.00525. The number of anilines is 1. The van der Waals surface area contributed by atoms with Crippen LogP contribution in [-0.4, -0.2) is 146 Å². The van der Waals surface area contributed by atoms with Crippen LogP contribution in [0.2, 0.25) is 0 Å². The SMILES string of the molecule is COC(=O)NCCCC[C@H](NC(=O)OC(C)(C)C)C(=O)O[C@H]1[C@@H](O)[C@H](n2cnc3c(N)ncnc32)O[C@@H]1CO[PH](O)(O)O[C@H]1C[C@H](n2cccnc2=O)O[C@@H]1CO[PH](O)(O)O. The molecule has 2 fully saturated rings. The van der Waals surface area contributed by atoms with E-state index in [1.165, 1.54) is 36.5 Å². The van der Waals surface area contributed by atoms with Crippen LogP contribution < -0.4 is 22.1 Å². The van der Waals surface area contributed by atoms with E-state index in [4.69, 9.17) is 38.3 Å². The number of ether oxygens (including phenoxy) is 5. The fourth-order valence-corrected chi connectivity index (χ4v) is 7.76. The zero-order chi connectivity index (χ0) is 44.7. The normalized spacial score (nSPS) is 24.3. The Bertz CT molecular complexity index is 2030. The number of alkyl carbamates (subject to hydrolysis) is 2. The molecule has 2 saturated heterocycles. The number of hydrogen-bond acceptors (Lipinski definition) is 23. The summed E-state index contributed by atoms with van der Waals surface area (Å²) in [5.74, 6) is -1.05. The summed E-state index contributed by atoms with van der Waals surface area (Å²) >= 11 is 0. The standard InChI is InChI=1S/C32H51N9O18P2/c1-32(2,3)58-31(46)39-17(8-5-6-9-35-30(45)52-4)28(43)57-24-20(56-27(23(24)42)41-16-38-22-25(33)36-15-37-26(22)41)14-54-61(50,51)59-18-12-21(40-11-7-10-34-29(40)44)55-19(18)13-53-60(47,48)49/h7,10-11,15-21,23-24,27,42,47-51,60-61H,5-6,8-9,12-14H2,1-4H3,(H,35,45)(H,39,46)(H2,33,36,37)/t17-,18-,19+,20+,21+,23+,24+,27+/m0/s1. The zero-order valence-corrected chi connectivity index (χ0v) is 35.3. The Balaban J connectivity index is 1.36. The first kappa shape index (κ1) is 47.7. The molecule has 0 saturated carbocycles. The van der Waals surface area contributed by atoms with Crippen LogP contribution in [0.1, 0.15) is 58.9 Å². The number of nitrogen functional groups attached to an aromatic ring is 1. The number of unbranched alkanes of at least 4 members (excludes halogenated alkanes) is 1. The van der Waals surface area contributed by atoms with Gasteiger partial charge in [-0.25, -0.2) is 4.79 Å². The van der Waals surface area contributed by atoms with E-state index in [1.807, 2.05) is 0 Å². The van der Waals surface area contributed by atoms with E-state index < -0.39 is 108 Å². The molecular formula is C32H51N9O18P2. The third-order valence-corrected chi connectivity index (χ3v) is 10.7. The summed E-state index contributed by atoms with van der Waals surface area (Å²) < 4.78 is 45.6. The molecule has 0 unspecified atom stereocenters. The number of methoxy groups -OCH3 is 1. The van der Waals surface area contributed by atoms with Crippen molar-refractivity contribution in [1.29, 1.82) is 0 Å². The van der Waals surface area contributed by atoms with Crippen molar-refractivity contribution in [2.45, 2.75) is 101 Å². The molecule has 0 spiro atoms. The zero-order valence-electron chi connectivity index (χ0n) is 33.3. The average molecular weight is 912 g/mol. The number of aliphatic hydroxyl groups excluding tert-OH is 1. The molecule has 3 aromatic heterocycles.